The van der Waals surface area contributed by atoms with Gasteiger partial charge in [0.05, 0.1) is 0 Å². The van der Waals surface area contributed by atoms with Crippen molar-refractivity contribution >= 4 is 28.3 Å². The predicted molar refractivity (Wildman–Crippen MR) is 59.8 cm³/mol. The minimum atomic E-state index is -0.504. The first-order valence-corrected chi connectivity index (χ1v) is 5.79. The molecular formula is C9H12N4O2S. The lowest BCUT2D eigenvalue weighted by molar-refractivity contribution is -0.121. The normalized spacial score (nSPS) is 20.0. The Morgan fingerprint density at radius 1 is 1.56 bits per heavy atom. The van der Waals surface area contributed by atoms with Crippen molar-refractivity contribution in [1.82, 2.24) is 9.88 Å². The Kier molecular flexibility index (Phi) is 2.78. The zero-order chi connectivity index (χ0) is 11.7. The van der Waals surface area contributed by atoms with Crippen LogP contribution >= 0.6 is 11.3 Å². The first-order valence-electron chi connectivity index (χ1n) is 4.91. The van der Waals surface area contributed by atoms with Crippen LogP contribution in [0.4, 0.5) is 5.13 Å². The van der Waals surface area contributed by atoms with Crippen molar-refractivity contribution in [1.29, 1.82) is 0 Å². The molecule has 86 valence electrons. The van der Waals surface area contributed by atoms with Gasteiger partial charge < -0.3 is 16.4 Å². The van der Waals surface area contributed by atoms with Gasteiger partial charge in [-0.2, -0.15) is 0 Å². The summed E-state index contributed by atoms with van der Waals surface area (Å²) in [5, 5.41) is 1.94. The summed E-state index contributed by atoms with van der Waals surface area (Å²) in [6.07, 6.45) is 1.42. The number of anilines is 1. The molecule has 0 aliphatic carbocycles. The third-order valence-corrected chi connectivity index (χ3v) is 3.26. The number of amides is 2. The van der Waals surface area contributed by atoms with Crippen molar-refractivity contribution in [2.75, 3.05) is 12.3 Å². The van der Waals surface area contributed by atoms with Gasteiger partial charge in [0.25, 0.3) is 5.91 Å². The van der Waals surface area contributed by atoms with Crippen LogP contribution in [0.5, 0.6) is 0 Å². The lowest BCUT2D eigenvalue weighted by Crippen LogP contribution is -2.43. The summed E-state index contributed by atoms with van der Waals surface area (Å²) in [5.74, 6) is -0.733. The summed E-state index contributed by atoms with van der Waals surface area (Å²) in [6.45, 7) is 0.546. The fourth-order valence-electron chi connectivity index (χ4n) is 1.84. The number of thiazole rings is 1. The molecule has 1 fully saturated rings. The van der Waals surface area contributed by atoms with Gasteiger partial charge in [-0.1, -0.05) is 0 Å². The number of aromatic nitrogens is 1. The zero-order valence-electron chi connectivity index (χ0n) is 8.55. The maximum Gasteiger partial charge on any atom is 0.274 e. The molecular weight excluding hydrogens is 228 g/mol. The fourth-order valence-corrected chi connectivity index (χ4v) is 2.38. The second-order valence-corrected chi connectivity index (χ2v) is 4.52. The van der Waals surface area contributed by atoms with Gasteiger partial charge in [-0.15, -0.1) is 11.3 Å². The molecule has 1 aromatic heterocycles. The molecule has 1 saturated heterocycles. The zero-order valence-corrected chi connectivity index (χ0v) is 9.37. The van der Waals surface area contributed by atoms with E-state index in [1.165, 1.54) is 16.2 Å². The van der Waals surface area contributed by atoms with Crippen molar-refractivity contribution < 1.29 is 9.59 Å². The van der Waals surface area contributed by atoms with E-state index in [-0.39, 0.29) is 11.6 Å². The van der Waals surface area contributed by atoms with E-state index in [2.05, 4.69) is 4.98 Å². The maximum atomic E-state index is 12.0. The molecule has 1 aliphatic rings. The highest BCUT2D eigenvalue weighted by molar-refractivity contribution is 7.13. The third-order valence-electron chi connectivity index (χ3n) is 2.58. The van der Waals surface area contributed by atoms with E-state index in [1.807, 2.05) is 0 Å². The van der Waals surface area contributed by atoms with Crippen LogP contribution in [0, 0.1) is 0 Å². The van der Waals surface area contributed by atoms with Crippen LogP contribution in [-0.2, 0) is 4.79 Å². The molecule has 0 spiro atoms. The summed E-state index contributed by atoms with van der Waals surface area (Å²) < 4.78 is 0. The summed E-state index contributed by atoms with van der Waals surface area (Å²) in [6, 6.07) is -0.504. The molecule has 1 aliphatic heterocycles. The van der Waals surface area contributed by atoms with Crippen LogP contribution in [0.3, 0.4) is 0 Å². The lowest BCUT2D eigenvalue weighted by Gasteiger charge is -2.20. The molecule has 1 unspecified atom stereocenters. The van der Waals surface area contributed by atoms with Gasteiger partial charge in [-0.25, -0.2) is 4.98 Å². The molecule has 2 amide bonds. The highest BCUT2D eigenvalue weighted by Crippen LogP contribution is 2.21. The molecule has 4 N–H and O–H groups in total. The van der Waals surface area contributed by atoms with Crippen LogP contribution in [0.2, 0.25) is 0 Å². The summed E-state index contributed by atoms with van der Waals surface area (Å²) in [7, 11) is 0. The molecule has 2 heterocycles. The van der Waals surface area contributed by atoms with Crippen LogP contribution in [0.1, 0.15) is 23.3 Å². The average Bonchev–Trinajstić information content (AvgIpc) is 2.84. The number of hydrogen-bond donors (Lipinski definition) is 2. The molecule has 0 radical (unpaired) electrons. The molecule has 0 saturated carbocycles. The Morgan fingerprint density at radius 2 is 2.31 bits per heavy atom. The number of nitrogens with zero attached hydrogens (tertiary/aromatic N) is 2. The molecule has 1 atom stereocenters. The topological polar surface area (TPSA) is 102 Å². The lowest BCUT2D eigenvalue weighted by atomic mass is 10.2. The monoisotopic (exact) mass is 240 g/mol. The van der Waals surface area contributed by atoms with Crippen LogP contribution in [-0.4, -0.2) is 34.3 Å². The standard InChI is InChI=1S/C9H12N4O2S/c10-7(14)6-2-1-3-13(6)8(15)5-4-16-9(11)12-5/h4,6H,1-3H2,(H2,10,14)(H2,11,12). The van der Waals surface area contributed by atoms with Crippen LogP contribution in [0.15, 0.2) is 5.38 Å². The van der Waals surface area contributed by atoms with Gasteiger partial charge in [-0.3, -0.25) is 9.59 Å². The Bertz CT molecular complexity index is 431. The largest absolute Gasteiger partial charge is 0.375 e. The van der Waals surface area contributed by atoms with Gasteiger partial charge >= 0.3 is 0 Å². The van der Waals surface area contributed by atoms with Gasteiger partial charge in [0.15, 0.2) is 5.13 Å². The van der Waals surface area contributed by atoms with E-state index >= 15 is 0 Å². The Hall–Kier alpha value is -1.63. The van der Waals surface area contributed by atoms with Gasteiger partial charge in [0.2, 0.25) is 5.91 Å². The highest BCUT2D eigenvalue weighted by atomic mass is 32.1. The van der Waals surface area contributed by atoms with E-state index in [0.717, 1.165) is 6.42 Å². The van der Waals surface area contributed by atoms with Crippen LogP contribution in [0.25, 0.3) is 0 Å². The number of carbonyl (C=O) groups is 2. The molecule has 16 heavy (non-hydrogen) atoms. The minimum Gasteiger partial charge on any atom is -0.375 e. The number of hydrogen-bond acceptors (Lipinski definition) is 5. The number of nitrogen functional groups attached to an aromatic ring is 1. The maximum absolute atomic E-state index is 12.0. The SMILES string of the molecule is NC(=O)C1CCCN1C(=O)c1csc(N)n1. The fraction of sp³-hybridized carbons (Fsp3) is 0.444. The predicted octanol–water partition coefficient (Wildman–Crippen LogP) is -0.185. The second kappa shape index (κ2) is 4.09. The highest BCUT2D eigenvalue weighted by Gasteiger charge is 2.33. The van der Waals surface area contributed by atoms with Crippen molar-refractivity contribution in [2.45, 2.75) is 18.9 Å². The van der Waals surface area contributed by atoms with Crippen LogP contribution < -0.4 is 11.5 Å². The summed E-state index contributed by atoms with van der Waals surface area (Å²) >= 11 is 1.20. The number of nitrogens with two attached hydrogens (primary N) is 2. The first kappa shape index (κ1) is 10.9. The van der Waals surface area contributed by atoms with Crippen molar-refractivity contribution in [3.63, 3.8) is 0 Å². The van der Waals surface area contributed by atoms with Gasteiger partial charge in [-0.05, 0) is 12.8 Å². The first-order chi connectivity index (χ1) is 7.59. The van der Waals surface area contributed by atoms with Gasteiger partial charge in [0, 0.05) is 11.9 Å². The molecule has 6 nitrogen and oxygen atoms in total. The molecule has 2 rings (SSSR count). The minimum absolute atomic E-state index is 0.269. The summed E-state index contributed by atoms with van der Waals surface area (Å²) in [4.78, 5) is 28.5. The number of primary amides is 1. The summed E-state index contributed by atoms with van der Waals surface area (Å²) in [5.41, 5.74) is 11.0. The molecule has 7 heteroatoms. The molecule has 0 aromatic carbocycles. The Balaban J connectivity index is 2.18. The van der Waals surface area contributed by atoms with E-state index in [4.69, 9.17) is 11.5 Å². The Morgan fingerprint density at radius 3 is 2.88 bits per heavy atom. The molecule has 1 aromatic rings. The quantitative estimate of drug-likeness (QED) is 0.748. The van der Waals surface area contributed by atoms with Gasteiger partial charge in [0.1, 0.15) is 11.7 Å². The number of likely N-dealkylation sites (tertiary alicyclic amines) is 1. The van der Waals surface area contributed by atoms with E-state index in [0.29, 0.717) is 18.1 Å². The van der Waals surface area contributed by atoms with E-state index in [9.17, 15) is 9.59 Å². The van der Waals surface area contributed by atoms with E-state index in [1.54, 1.807) is 5.38 Å². The third kappa shape index (κ3) is 1.85. The number of rotatable bonds is 2. The van der Waals surface area contributed by atoms with Crippen molar-refractivity contribution in [2.24, 2.45) is 5.73 Å². The van der Waals surface area contributed by atoms with Crippen molar-refractivity contribution in [3.05, 3.63) is 11.1 Å². The second-order valence-electron chi connectivity index (χ2n) is 3.63. The Labute approximate surface area is 96.2 Å². The van der Waals surface area contributed by atoms with E-state index < -0.39 is 11.9 Å². The smallest absolute Gasteiger partial charge is 0.274 e. The van der Waals surface area contributed by atoms with Crippen molar-refractivity contribution in [3.8, 4) is 0 Å². The number of carbonyl (C=O) groups excluding carboxylic acids is 2. The molecule has 0 bridgehead atoms. The average molecular weight is 240 g/mol.